The fourth-order valence-corrected chi connectivity index (χ4v) is 3.88. The summed E-state index contributed by atoms with van der Waals surface area (Å²) in [7, 11) is 0. The second-order valence-electron chi connectivity index (χ2n) is 7.42. The van der Waals surface area contributed by atoms with Gasteiger partial charge >= 0.3 is 0 Å². The fraction of sp³-hybridized carbons (Fsp3) is 1.00. The highest BCUT2D eigenvalue weighted by molar-refractivity contribution is 4.90. The molecule has 0 aromatic carbocycles. The molecule has 0 saturated carbocycles. The number of rotatable bonds is 2. The second-order valence-corrected chi connectivity index (χ2v) is 7.42. The van der Waals surface area contributed by atoms with Crippen LogP contribution in [0.3, 0.4) is 0 Å². The van der Waals surface area contributed by atoms with Gasteiger partial charge in [-0.25, -0.2) is 0 Å². The summed E-state index contributed by atoms with van der Waals surface area (Å²) in [5.74, 6) is 1.80. The lowest BCUT2D eigenvalue weighted by atomic mass is 9.77. The number of likely N-dealkylation sites (tertiary alicyclic amines) is 1. The summed E-state index contributed by atoms with van der Waals surface area (Å²) in [5.41, 5.74) is 0.494. The normalized spacial score (nSPS) is 35.7. The van der Waals surface area contributed by atoms with Crippen LogP contribution in [0.15, 0.2) is 0 Å². The Bertz CT molecular complexity index is 256. The molecule has 0 aliphatic carbocycles. The first-order valence-corrected chi connectivity index (χ1v) is 7.97. The summed E-state index contributed by atoms with van der Waals surface area (Å²) in [5, 5.41) is 3.59. The number of hydrogen-bond acceptors (Lipinski definition) is 2. The molecule has 0 aromatic heterocycles. The van der Waals surface area contributed by atoms with Gasteiger partial charge in [0.1, 0.15) is 0 Å². The van der Waals surface area contributed by atoms with Gasteiger partial charge in [0.15, 0.2) is 0 Å². The zero-order valence-electron chi connectivity index (χ0n) is 12.8. The van der Waals surface area contributed by atoms with Gasteiger partial charge < -0.3 is 5.32 Å². The van der Waals surface area contributed by atoms with Crippen LogP contribution in [0, 0.1) is 17.3 Å². The van der Waals surface area contributed by atoms with Crippen LogP contribution >= 0.6 is 0 Å². The smallest absolute Gasteiger partial charge is 0.0260 e. The van der Waals surface area contributed by atoms with E-state index >= 15 is 0 Å². The Labute approximate surface area is 114 Å². The van der Waals surface area contributed by atoms with Gasteiger partial charge in [-0.05, 0) is 56.1 Å². The highest BCUT2D eigenvalue weighted by Gasteiger charge is 2.33. The van der Waals surface area contributed by atoms with Crippen molar-refractivity contribution < 1.29 is 0 Å². The van der Waals surface area contributed by atoms with Gasteiger partial charge in [0.25, 0.3) is 0 Å². The predicted octanol–water partition coefficient (Wildman–Crippen LogP) is 3.13. The van der Waals surface area contributed by atoms with Crippen LogP contribution in [0.4, 0.5) is 0 Å². The molecule has 2 saturated heterocycles. The molecule has 2 rings (SSSR count). The molecule has 2 nitrogen and oxygen atoms in total. The minimum atomic E-state index is 0.494. The number of nitrogens with zero attached hydrogens (tertiary/aromatic N) is 1. The van der Waals surface area contributed by atoms with Crippen molar-refractivity contribution >= 4 is 0 Å². The lowest BCUT2D eigenvalue weighted by Crippen LogP contribution is -2.41. The second kappa shape index (κ2) is 5.92. The molecule has 2 heteroatoms. The van der Waals surface area contributed by atoms with Gasteiger partial charge in [-0.15, -0.1) is 0 Å². The molecule has 3 atom stereocenters. The average Bonchev–Trinajstić information content (AvgIpc) is 2.63. The summed E-state index contributed by atoms with van der Waals surface area (Å²) in [6, 6.07) is 0.814. The molecule has 0 amide bonds. The summed E-state index contributed by atoms with van der Waals surface area (Å²) in [6.07, 6.45) is 5.55. The third-order valence-corrected chi connectivity index (χ3v) is 5.28. The van der Waals surface area contributed by atoms with Crippen molar-refractivity contribution in [3.63, 3.8) is 0 Å². The molecule has 0 radical (unpaired) electrons. The Morgan fingerprint density at radius 1 is 1.11 bits per heavy atom. The summed E-state index contributed by atoms with van der Waals surface area (Å²) in [6.45, 7) is 14.7. The molecular formula is C16H32N2. The first-order valence-electron chi connectivity index (χ1n) is 7.97. The maximum absolute atomic E-state index is 3.59. The highest BCUT2D eigenvalue weighted by atomic mass is 15.2. The van der Waals surface area contributed by atoms with Crippen molar-refractivity contribution in [1.82, 2.24) is 10.2 Å². The number of hydrogen-bond donors (Lipinski definition) is 1. The van der Waals surface area contributed by atoms with E-state index in [0.717, 1.165) is 17.9 Å². The minimum Gasteiger partial charge on any atom is -0.315 e. The van der Waals surface area contributed by atoms with Crippen molar-refractivity contribution in [2.24, 2.45) is 17.3 Å². The first-order chi connectivity index (χ1) is 8.52. The van der Waals surface area contributed by atoms with Crippen molar-refractivity contribution in [2.75, 3.05) is 26.2 Å². The van der Waals surface area contributed by atoms with Crippen LogP contribution in [-0.4, -0.2) is 37.1 Å². The van der Waals surface area contributed by atoms with Crippen molar-refractivity contribution in [3.05, 3.63) is 0 Å². The Balaban J connectivity index is 1.92. The van der Waals surface area contributed by atoms with E-state index in [1.165, 1.54) is 51.9 Å². The van der Waals surface area contributed by atoms with Gasteiger partial charge in [-0.2, -0.15) is 0 Å². The molecule has 1 N–H and O–H groups in total. The third kappa shape index (κ3) is 3.27. The Morgan fingerprint density at radius 2 is 1.89 bits per heavy atom. The van der Waals surface area contributed by atoms with Crippen LogP contribution < -0.4 is 5.32 Å². The highest BCUT2D eigenvalue weighted by Crippen LogP contribution is 2.35. The van der Waals surface area contributed by atoms with Crippen LogP contribution in [0.25, 0.3) is 0 Å². The Hall–Kier alpha value is -0.0800. The molecule has 106 valence electrons. The molecule has 0 bridgehead atoms. The van der Waals surface area contributed by atoms with Crippen molar-refractivity contribution in [3.8, 4) is 0 Å². The topological polar surface area (TPSA) is 15.3 Å². The van der Waals surface area contributed by atoms with E-state index in [1.54, 1.807) is 0 Å². The van der Waals surface area contributed by atoms with E-state index in [-0.39, 0.29) is 0 Å². The van der Waals surface area contributed by atoms with Gasteiger partial charge in [-0.3, -0.25) is 4.90 Å². The van der Waals surface area contributed by atoms with E-state index in [4.69, 9.17) is 0 Å². The SMILES string of the molecule is CCC1CNCC1N1CCCC(C(C)(C)C)CC1. The quantitative estimate of drug-likeness (QED) is 0.812. The third-order valence-electron chi connectivity index (χ3n) is 5.28. The molecule has 2 heterocycles. The molecule has 18 heavy (non-hydrogen) atoms. The lowest BCUT2D eigenvalue weighted by molar-refractivity contribution is 0.162. The van der Waals surface area contributed by atoms with Crippen LogP contribution in [0.5, 0.6) is 0 Å². The zero-order valence-corrected chi connectivity index (χ0v) is 12.8. The zero-order chi connectivity index (χ0) is 13.2. The standard InChI is InChI=1S/C16H32N2/c1-5-13-11-17-12-15(13)18-9-6-7-14(8-10-18)16(2,3)4/h13-15,17H,5-12H2,1-4H3. The summed E-state index contributed by atoms with van der Waals surface area (Å²) in [4.78, 5) is 2.79. The van der Waals surface area contributed by atoms with E-state index in [9.17, 15) is 0 Å². The minimum absolute atomic E-state index is 0.494. The predicted molar refractivity (Wildman–Crippen MR) is 78.8 cm³/mol. The molecular weight excluding hydrogens is 220 g/mol. The first kappa shape index (κ1) is 14.3. The van der Waals surface area contributed by atoms with Gasteiger partial charge in [0.2, 0.25) is 0 Å². The maximum Gasteiger partial charge on any atom is 0.0260 e. The maximum atomic E-state index is 3.59. The van der Waals surface area contributed by atoms with Crippen LogP contribution in [0.2, 0.25) is 0 Å². The molecule has 2 aliphatic heterocycles. The fourth-order valence-electron chi connectivity index (χ4n) is 3.88. The van der Waals surface area contributed by atoms with Crippen molar-refractivity contribution in [2.45, 2.75) is 59.4 Å². The lowest BCUT2D eigenvalue weighted by Gasteiger charge is -2.32. The van der Waals surface area contributed by atoms with E-state index in [1.807, 2.05) is 0 Å². The molecule has 0 aromatic rings. The molecule has 0 spiro atoms. The van der Waals surface area contributed by atoms with Gasteiger partial charge in [0, 0.05) is 12.6 Å². The average molecular weight is 252 g/mol. The summed E-state index contributed by atoms with van der Waals surface area (Å²) < 4.78 is 0. The largest absolute Gasteiger partial charge is 0.315 e. The van der Waals surface area contributed by atoms with Gasteiger partial charge in [-0.1, -0.05) is 34.1 Å². The van der Waals surface area contributed by atoms with Crippen molar-refractivity contribution in [1.29, 1.82) is 0 Å². The van der Waals surface area contributed by atoms with Gasteiger partial charge in [0.05, 0.1) is 0 Å². The van der Waals surface area contributed by atoms with Crippen LogP contribution in [-0.2, 0) is 0 Å². The Morgan fingerprint density at radius 3 is 2.56 bits per heavy atom. The molecule has 2 aliphatic rings. The van der Waals surface area contributed by atoms with Crippen LogP contribution in [0.1, 0.15) is 53.4 Å². The molecule has 2 fully saturated rings. The summed E-state index contributed by atoms with van der Waals surface area (Å²) >= 11 is 0. The Kier molecular flexibility index (Phi) is 4.71. The van der Waals surface area contributed by atoms with E-state index in [0.29, 0.717) is 5.41 Å². The van der Waals surface area contributed by atoms with E-state index in [2.05, 4.69) is 37.9 Å². The monoisotopic (exact) mass is 252 g/mol. The number of nitrogens with one attached hydrogen (secondary N) is 1. The van der Waals surface area contributed by atoms with E-state index < -0.39 is 0 Å². The molecule has 3 unspecified atom stereocenters.